The van der Waals surface area contributed by atoms with E-state index in [1.165, 1.54) is 0 Å². The summed E-state index contributed by atoms with van der Waals surface area (Å²) in [6.45, 7) is 3.93. The number of ether oxygens (including phenoxy) is 1. The van der Waals surface area contributed by atoms with Crippen LogP contribution in [-0.4, -0.2) is 6.04 Å². The van der Waals surface area contributed by atoms with Crippen LogP contribution in [0.15, 0.2) is 35.0 Å². The lowest BCUT2D eigenvalue weighted by Crippen LogP contribution is -2.28. The van der Waals surface area contributed by atoms with E-state index >= 15 is 0 Å². The number of aryl methyl sites for hydroxylation is 1. The van der Waals surface area contributed by atoms with Crippen molar-refractivity contribution in [1.82, 2.24) is 0 Å². The molecule has 2 aromatic rings. The molecule has 0 amide bonds. The predicted octanol–water partition coefficient (Wildman–Crippen LogP) is 4.18. The fourth-order valence-electron chi connectivity index (χ4n) is 1.75. The summed E-state index contributed by atoms with van der Waals surface area (Å²) in [6, 6.07) is 7.69. The van der Waals surface area contributed by atoms with Crippen LogP contribution in [0.25, 0.3) is 0 Å². The lowest BCUT2D eigenvalue weighted by molar-refractivity contribution is 0.181. The quantitative estimate of drug-likeness (QED) is 0.912. The Morgan fingerprint density at radius 3 is 2.67 bits per heavy atom. The molecule has 0 saturated heterocycles. The van der Waals surface area contributed by atoms with E-state index in [-0.39, 0.29) is 12.1 Å². The van der Waals surface area contributed by atoms with Crippen molar-refractivity contribution < 1.29 is 4.74 Å². The van der Waals surface area contributed by atoms with Gasteiger partial charge in [0.2, 0.25) is 0 Å². The average Bonchev–Trinajstić information content (AvgIpc) is 2.80. The monoisotopic (exact) mass is 281 g/mol. The first-order valence-corrected chi connectivity index (χ1v) is 7.10. The van der Waals surface area contributed by atoms with Crippen LogP contribution in [0.3, 0.4) is 0 Å². The number of hydrogen-bond donors (Lipinski definition) is 1. The molecular weight excluding hydrogens is 266 g/mol. The maximum Gasteiger partial charge on any atom is 0.139 e. The van der Waals surface area contributed by atoms with Gasteiger partial charge in [-0.25, -0.2) is 0 Å². The van der Waals surface area contributed by atoms with Crippen molar-refractivity contribution in [2.75, 3.05) is 0 Å². The van der Waals surface area contributed by atoms with Gasteiger partial charge in [-0.1, -0.05) is 17.7 Å². The SMILES string of the molecule is Cc1ccc(OC(c2ccsc2)C(C)N)c(Cl)c1. The lowest BCUT2D eigenvalue weighted by Gasteiger charge is -2.22. The Bertz CT molecular complexity index is 511. The number of benzene rings is 1. The molecule has 0 radical (unpaired) electrons. The summed E-state index contributed by atoms with van der Waals surface area (Å²) in [5.74, 6) is 0.677. The van der Waals surface area contributed by atoms with Gasteiger partial charge in [0.15, 0.2) is 0 Å². The van der Waals surface area contributed by atoms with Gasteiger partial charge >= 0.3 is 0 Å². The van der Waals surface area contributed by atoms with Crippen molar-refractivity contribution in [2.45, 2.75) is 26.0 Å². The summed E-state index contributed by atoms with van der Waals surface area (Å²) in [5, 5.41) is 4.69. The van der Waals surface area contributed by atoms with Crippen LogP contribution in [0.1, 0.15) is 24.2 Å². The first kappa shape index (κ1) is 13.4. The third-order valence-corrected chi connectivity index (χ3v) is 3.69. The van der Waals surface area contributed by atoms with E-state index in [0.717, 1.165) is 11.1 Å². The highest BCUT2D eigenvalue weighted by atomic mass is 35.5. The fraction of sp³-hybridized carbons (Fsp3) is 0.286. The first-order chi connectivity index (χ1) is 8.58. The van der Waals surface area contributed by atoms with Crippen LogP contribution in [0.2, 0.25) is 5.02 Å². The van der Waals surface area contributed by atoms with Crippen LogP contribution in [0, 0.1) is 6.92 Å². The molecule has 4 heteroatoms. The molecule has 0 aliphatic carbocycles. The molecule has 2 atom stereocenters. The minimum atomic E-state index is -0.170. The standard InChI is InChI=1S/C14H16ClNOS/c1-9-3-4-13(12(15)7-9)17-14(10(2)16)11-5-6-18-8-11/h3-8,10,14H,16H2,1-2H3. The van der Waals surface area contributed by atoms with E-state index < -0.39 is 0 Å². The summed E-state index contributed by atoms with van der Waals surface area (Å²) >= 11 is 7.81. The van der Waals surface area contributed by atoms with Crippen molar-refractivity contribution in [3.05, 3.63) is 51.2 Å². The second kappa shape index (κ2) is 5.74. The van der Waals surface area contributed by atoms with Gasteiger partial charge in [0.25, 0.3) is 0 Å². The molecule has 2 rings (SSSR count). The van der Waals surface area contributed by atoms with E-state index in [1.807, 2.05) is 43.5 Å². The molecular formula is C14H16ClNOS. The van der Waals surface area contributed by atoms with Gasteiger partial charge < -0.3 is 10.5 Å². The number of halogens is 1. The number of hydrogen-bond acceptors (Lipinski definition) is 3. The molecule has 96 valence electrons. The fourth-order valence-corrected chi connectivity index (χ4v) is 2.72. The molecule has 0 aliphatic rings. The predicted molar refractivity (Wildman–Crippen MR) is 77.5 cm³/mol. The summed E-state index contributed by atoms with van der Waals surface area (Å²) in [7, 11) is 0. The summed E-state index contributed by atoms with van der Waals surface area (Å²) in [6.07, 6.45) is -0.170. The maximum atomic E-state index is 6.18. The highest BCUT2D eigenvalue weighted by molar-refractivity contribution is 7.07. The van der Waals surface area contributed by atoms with E-state index in [2.05, 4.69) is 5.38 Å². The van der Waals surface area contributed by atoms with Gasteiger partial charge in [-0.3, -0.25) is 0 Å². The zero-order valence-electron chi connectivity index (χ0n) is 10.4. The Kier molecular flexibility index (Phi) is 4.27. The zero-order valence-corrected chi connectivity index (χ0v) is 12.0. The van der Waals surface area contributed by atoms with Gasteiger partial charge in [-0.05, 0) is 48.4 Å². The Hall–Kier alpha value is -1.03. The second-order valence-electron chi connectivity index (χ2n) is 4.39. The minimum absolute atomic E-state index is 0.100. The molecule has 18 heavy (non-hydrogen) atoms. The van der Waals surface area contributed by atoms with Crippen LogP contribution in [0.5, 0.6) is 5.75 Å². The maximum absolute atomic E-state index is 6.18. The Balaban J connectivity index is 2.24. The van der Waals surface area contributed by atoms with Gasteiger partial charge in [0, 0.05) is 11.6 Å². The summed E-state index contributed by atoms with van der Waals surface area (Å²) < 4.78 is 5.96. The molecule has 0 spiro atoms. The Morgan fingerprint density at radius 1 is 1.33 bits per heavy atom. The molecule has 0 aliphatic heterocycles. The van der Waals surface area contributed by atoms with Gasteiger partial charge in [0.05, 0.1) is 5.02 Å². The van der Waals surface area contributed by atoms with Crippen LogP contribution in [-0.2, 0) is 0 Å². The molecule has 1 heterocycles. The van der Waals surface area contributed by atoms with Crippen molar-refractivity contribution in [3.8, 4) is 5.75 Å². The van der Waals surface area contributed by atoms with Crippen molar-refractivity contribution >= 4 is 22.9 Å². The number of rotatable bonds is 4. The molecule has 2 nitrogen and oxygen atoms in total. The number of thiophene rings is 1. The van der Waals surface area contributed by atoms with Crippen molar-refractivity contribution in [1.29, 1.82) is 0 Å². The molecule has 1 aromatic heterocycles. The minimum Gasteiger partial charge on any atom is -0.483 e. The smallest absolute Gasteiger partial charge is 0.139 e. The molecule has 0 bridgehead atoms. The summed E-state index contributed by atoms with van der Waals surface area (Å²) in [4.78, 5) is 0. The molecule has 0 fully saturated rings. The highest BCUT2D eigenvalue weighted by Crippen LogP contribution is 2.31. The molecule has 2 unspecified atom stereocenters. The highest BCUT2D eigenvalue weighted by Gasteiger charge is 2.19. The van der Waals surface area contributed by atoms with Crippen molar-refractivity contribution in [2.24, 2.45) is 5.73 Å². The second-order valence-corrected chi connectivity index (χ2v) is 5.58. The zero-order chi connectivity index (χ0) is 13.1. The van der Waals surface area contributed by atoms with Gasteiger partial charge in [-0.2, -0.15) is 11.3 Å². The first-order valence-electron chi connectivity index (χ1n) is 5.78. The van der Waals surface area contributed by atoms with Crippen molar-refractivity contribution in [3.63, 3.8) is 0 Å². The normalized spacial score (nSPS) is 14.2. The van der Waals surface area contributed by atoms with E-state index in [4.69, 9.17) is 22.1 Å². The topological polar surface area (TPSA) is 35.2 Å². The van der Waals surface area contributed by atoms with Gasteiger partial charge in [-0.15, -0.1) is 0 Å². The van der Waals surface area contributed by atoms with Crippen LogP contribution < -0.4 is 10.5 Å². The van der Waals surface area contributed by atoms with Crippen LogP contribution >= 0.6 is 22.9 Å². The molecule has 1 aromatic carbocycles. The van der Waals surface area contributed by atoms with E-state index in [1.54, 1.807) is 11.3 Å². The Labute approximate surface area is 116 Å². The molecule has 0 saturated carbocycles. The van der Waals surface area contributed by atoms with E-state index in [0.29, 0.717) is 10.8 Å². The molecule has 2 N–H and O–H groups in total. The summed E-state index contributed by atoms with van der Waals surface area (Å²) in [5.41, 5.74) is 8.19. The van der Waals surface area contributed by atoms with Crippen LogP contribution in [0.4, 0.5) is 0 Å². The van der Waals surface area contributed by atoms with E-state index in [9.17, 15) is 0 Å². The third-order valence-electron chi connectivity index (χ3n) is 2.69. The largest absolute Gasteiger partial charge is 0.483 e. The van der Waals surface area contributed by atoms with Gasteiger partial charge in [0.1, 0.15) is 11.9 Å². The lowest BCUT2D eigenvalue weighted by atomic mass is 10.1. The average molecular weight is 282 g/mol. The third kappa shape index (κ3) is 3.05. The number of nitrogens with two attached hydrogens (primary N) is 1. The Morgan fingerprint density at radius 2 is 2.11 bits per heavy atom.